The van der Waals surface area contributed by atoms with Gasteiger partial charge in [-0.15, -0.1) is 0 Å². The van der Waals surface area contributed by atoms with Crippen molar-refractivity contribution in [2.45, 2.75) is 19.8 Å². The first-order valence-corrected chi connectivity index (χ1v) is 5.61. The molecular weight excluding hydrogens is 186 g/mol. The van der Waals surface area contributed by atoms with Crippen molar-refractivity contribution >= 4 is 0 Å². The van der Waals surface area contributed by atoms with Crippen LogP contribution in [0.15, 0.2) is 24.3 Å². The molecule has 15 heavy (non-hydrogen) atoms. The SMILES string of the molecule is CC(C)c1ccc(OCC[NH+](C)C)cc1. The number of nitrogens with one attached hydrogen (secondary N) is 1. The molecule has 0 radical (unpaired) electrons. The standard InChI is InChI=1S/C13H21NO/c1-11(2)12-5-7-13(8-6-12)15-10-9-14(3)4/h5-8,11H,9-10H2,1-4H3/p+1. The molecule has 1 N–H and O–H groups in total. The predicted octanol–water partition coefficient (Wildman–Crippen LogP) is 1.33. The Morgan fingerprint density at radius 1 is 1.13 bits per heavy atom. The van der Waals surface area contributed by atoms with Crippen molar-refractivity contribution in [1.82, 2.24) is 0 Å². The van der Waals surface area contributed by atoms with Gasteiger partial charge in [0.1, 0.15) is 18.9 Å². The quantitative estimate of drug-likeness (QED) is 0.771. The highest BCUT2D eigenvalue weighted by molar-refractivity contribution is 5.28. The molecule has 2 heteroatoms. The first-order valence-electron chi connectivity index (χ1n) is 5.61. The van der Waals surface area contributed by atoms with Gasteiger partial charge in [0.2, 0.25) is 0 Å². The van der Waals surface area contributed by atoms with E-state index < -0.39 is 0 Å². The van der Waals surface area contributed by atoms with Gasteiger partial charge in [0.15, 0.2) is 0 Å². The van der Waals surface area contributed by atoms with Gasteiger partial charge in [0, 0.05) is 0 Å². The third kappa shape index (κ3) is 4.34. The average molecular weight is 208 g/mol. The maximum atomic E-state index is 5.63. The summed E-state index contributed by atoms with van der Waals surface area (Å²) < 4.78 is 5.63. The van der Waals surface area contributed by atoms with Gasteiger partial charge in [-0.2, -0.15) is 0 Å². The normalized spacial score (nSPS) is 11.1. The summed E-state index contributed by atoms with van der Waals surface area (Å²) in [5.74, 6) is 1.56. The fourth-order valence-corrected chi connectivity index (χ4v) is 1.32. The molecule has 84 valence electrons. The predicted molar refractivity (Wildman–Crippen MR) is 63.7 cm³/mol. The van der Waals surface area contributed by atoms with Crippen LogP contribution in [0.25, 0.3) is 0 Å². The maximum Gasteiger partial charge on any atom is 0.137 e. The molecule has 0 atom stereocenters. The van der Waals surface area contributed by atoms with Crippen LogP contribution in [-0.4, -0.2) is 27.2 Å². The van der Waals surface area contributed by atoms with Crippen molar-refractivity contribution in [3.63, 3.8) is 0 Å². The Morgan fingerprint density at radius 2 is 1.73 bits per heavy atom. The Bertz CT molecular complexity index is 277. The fourth-order valence-electron chi connectivity index (χ4n) is 1.32. The number of hydrogen-bond donors (Lipinski definition) is 1. The van der Waals surface area contributed by atoms with Gasteiger partial charge in [-0.05, 0) is 23.6 Å². The van der Waals surface area contributed by atoms with Gasteiger partial charge in [0.05, 0.1) is 14.1 Å². The number of hydrogen-bond acceptors (Lipinski definition) is 1. The maximum absolute atomic E-state index is 5.63. The zero-order chi connectivity index (χ0) is 11.3. The highest BCUT2D eigenvalue weighted by Gasteiger charge is 2.00. The molecule has 0 amide bonds. The van der Waals surface area contributed by atoms with Crippen LogP contribution in [0.4, 0.5) is 0 Å². The first kappa shape index (κ1) is 12.1. The summed E-state index contributed by atoms with van der Waals surface area (Å²) in [7, 11) is 4.26. The Balaban J connectivity index is 2.43. The Morgan fingerprint density at radius 3 is 2.20 bits per heavy atom. The molecule has 0 heterocycles. The van der Waals surface area contributed by atoms with E-state index in [1.165, 1.54) is 10.5 Å². The highest BCUT2D eigenvalue weighted by Crippen LogP contribution is 2.18. The fraction of sp³-hybridized carbons (Fsp3) is 0.538. The molecule has 1 aromatic rings. The van der Waals surface area contributed by atoms with Crippen LogP contribution < -0.4 is 9.64 Å². The molecule has 0 aliphatic rings. The highest BCUT2D eigenvalue weighted by atomic mass is 16.5. The topological polar surface area (TPSA) is 13.7 Å². The number of ether oxygens (including phenoxy) is 1. The molecule has 0 saturated heterocycles. The largest absolute Gasteiger partial charge is 0.488 e. The molecule has 0 aliphatic carbocycles. The van der Waals surface area contributed by atoms with Gasteiger partial charge in [-0.1, -0.05) is 26.0 Å². The molecule has 0 bridgehead atoms. The Kier molecular flexibility index (Phi) is 4.63. The lowest BCUT2D eigenvalue weighted by Gasteiger charge is -2.10. The van der Waals surface area contributed by atoms with Crippen molar-refractivity contribution in [2.75, 3.05) is 27.2 Å². The molecule has 2 nitrogen and oxygen atoms in total. The summed E-state index contributed by atoms with van der Waals surface area (Å²) in [4.78, 5) is 1.41. The lowest BCUT2D eigenvalue weighted by molar-refractivity contribution is -0.858. The summed E-state index contributed by atoms with van der Waals surface area (Å²) in [6, 6.07) is 8.39. The summed E-state index contributed by atoms with van der Waals surface area (Å²) in [6.45, 7) is 6.21. The van der Waals surface area contributed by atoms with Gasteiger partial charge in [0.25, 0.3) is 0 Å². The van der Waals surface area contributed by atoms with Crippen LogP contribution in [0.5, 0.6) is 5.75 Å². The summed E-state index contributed by atoms with van der Waals surface area (Å²) in [6.07, 6.45) is 0. The molecule has 1 rings (SSSR count). The Hall–Kier alpha value is -1.02. The van der Waals surface area contributed by atoms with Crippen LogP contribution in [0.2, 0.25) is 0 Å². The number of benzene rings is 1. The van der Waals surface area contributed by atoms with Gasteiger partial charge >= 0.3 is 0 Å². The third-order valence-electron chi connectivity index (χ3n) is 2.42. The second-order valence-electron chi connectivity index (χ2n) is 4.53. The van der Waals surface area contributed by atoms with Crippen LogP contribution in [0, 0.1) is 0 Å². The van der Waals surface area contributed by atoms with Crippen LogP contribution in [0.1, 0.15) is 25.3 Å². The van der Waals surface area contributed by atoms with Gasteiger partial charge < -0.3 is 9.64 Å². The van der Waals surface area contributed by atoms with Crippen molar-refractivity contribution in [2.24, 2.45) is 0 Å². The van der Waals surface area contributed by atoms with E-state index in [0.717, 1.165) is 18.9 Å². The minimum atomic E-state index is 0.588. The molecular formula is C13H22NO+. The van der Waals surface area contributed by atoms with Crippen LogP contribution in [-0.2, 0) is 0 Å². The summed E-state index contributed by atoms with van der Waals surface area (Å²) in [5, 5.41) is 0. The van der Waals surface area contributed by atoms with Crippen LogP contribution in [0.3, 0.4) is 0 Å². The first-order chi connectivity index (χ1) is 7.09. The van der Waals surface area contributed by atoms with Gasteiger partial charge in [-0.25, -0.2) is 0 Å². The molecule has 0 unspecified atom stereocenters. The molecule has 0 fully saturated rings. The van der Waals surface area contributed by atoms with E-state index in [0.29, 0.717) is 5.92 Å². The summed E-state index contributed by atoms with van der Waals surface area (Å²) in [5.41, 5.74) is 1.36. The Labute approximate surface area is 92.9 Å². The van der Waals surface area contributed by atoms with E-state index in [-0.39, 0.29) is 0 Å². The van der Waals surface area contributed by atoms with Crippen molar-refractivity contribution in [3.8, 4) is 5.75 Å². The number of rotatable bonds is 5. The van der Waals surface area contributed by atoms with E-state index in [1.807, 2.05) is 0 Å². The average Bonchev–Trinajstić information content (AvgIpc) is 2.18. The molecule has 0 spiro atoms. The van der Waals surface area contributed by atoms with E-state index >= 15 is 0 Å². The van der Waals surface area contributed by atoms with E-state index in [2.05, 4.69) is 52.2 Å². The van der Waals surface area contributed by atoms with Crippen molar-refractivity contribution < 1.29 is 9.64 Å². The van der Waals surface area contributed by atoms with Crippen molar-refractivity contribution in [1.29, 1.82) is 0 Å². The smallest absolute Gasteiger partial charge is 0.137 e. The second-order valence-corrected chi connectivity index (χ2v) is 4.53. The number of quaternary nitrogens is 1. The van der Waals surface area contributed by atoms with E-state index in [4.69, 9.17) is 4.74 Å². The van der Waals surface area contributed by atoms with E-state index in [9.17, 15) is 0 Å². The number of likely N-dealkylation sites (N-methyl/N-ethyl adjacent to an activating group) is 1. The minimum Gasteiger partial charge on any atom is -0.488 e. The second kappa shape index (κ2) is 5.76. The zero-order valence-electron chi connectivity index (χ0n) is 10.2. The van der Waals surface area contributed by atoms with Crippen LogP contribution >= 0.6 is 0 Å². The monoisotopic (exact) mass is 208 g/mol. The lowest BCUT2D eigenvalue weighted by atomic mass is 10.0. The molecule has 0 aliphatic heterocycles. The minimum absolute atomic E-state index is 0.588. The summed E-state index contributed by atoms with van der Waals surface area (Å²) >= 11 is 0. The molecule has 0 saturated carbocycles. The van der Waals surface area contributed by atoms with Crippen molar-refractivity contribution in [3.05, 3.63) is 29.8 Å². The molecule has 1 aromatic carbocycles. The third-order valence-corrected chi connectivity index (χ3v) is 2.42. The van der Waals surface area contributed by atoms with E-state index in [1.54, 1.807) is 0 Å². The lowest BCUT2D eigenvalue weighted by Crippen LogP contribution is -3.06. The van der Waals surface area contributed by atoms with Gasteiger partial charge in [-0.3, -0.25) is 0 Å². The zero-order valence-corrected chi connectivity index (χ0v) is 10.2. The molecule has 0 aromatic heterocycles.